The molecule has 1 amide bonds. The summed E-state index contributed by atoms with van der Waals surface area (Å²) >= 11 is 0. The second kappa shape index (κ2) is 7.07. The topological polar surface area (TPSA) is 72.0 Å². The smallest absolute Gasteiger partial charge is 0.410 e. The van der Waals surface area contributed by atoms with Gasteiger partial charge in [-0.2, -0.15) is 0 Å². The number of methoxy groups -OCH3 is 1. The number of ether oxygens (including phenoxy) is 2. The molecule has 7 nitrogen and oxygen atoms in total. The average molecular weight is 335 g/mol. The first-order valence-electron chi connectivity index (χ1n) is 7.99. The molecule has 1 aromatic heterocycles. The molecule has 0 bridgehead atoms. The lowest BCUT2D eigenvalue weighted by Crippen LogP contribution is -2.50. The van der Waals surface area contributed by atoms with Gasteiger partial charge in [-0.05, 0) is 39.3 Å². The average Bonchev–Trinajstić information content (AvgIpc) is 2.52. The molecule has 0 radical (unpaired) electrons. The first-order valence-corrected chi connectivity index (χ1v) is 7.99. The molecule has 1 fully saturated rings. The molecule has 0 saturated carbocycles. The Labute approximate surface area is 142 Å². The fourth-order valence-electron chi connectivity index (χ4n) is 2.56. The highest BCUT2D eigenvalue weighted by Crippen LogP contribution is 2.20. The Kier molecular flexibility index (Phi) is 5.31. The van der Waals surface area contributed by atoms with E-state index in [-0.39, 0.29) is 6.09 Å². The molecule has 1 aliphatic heterocycles. The lowest BCUT2D eigenvalue weighted by atomic mass is 10.2. The number of pyridine rings is 1. The van der Waals surface area contributed by atoms with E-state index in [2.05, 4.69) is 9.88 Å². The van der Waals surface area contributed by atoms with Crippen LogP contribution >= 0.6 is 0 Å². The minimum absolute atomic E-state index is 0.284. The number of nitrogens with zero attached hydrogens (tertiary/aromatic N) is 3. The van der Waals surface area contributed by atoms with Gasteiger partial charge in [0.25, 0.3) is 0 Å². The number of rotatable bonds is 2. The minimum atomic E-state index is -0.490. The molecular formula is C17H25N3O4. The van der Waals surface area contributed by atoms with Gasteiger partial charge >= 0.3 is 12.1 Å². The van der Waals surface area contributed by atoms with Crippen LogP contribution < -0.4 is 4.90 Å². The molecule has 132 valence electrons. The number of aromatic nitrogens is 1. The van der Waals surface area contributed by atoms with E-state index in [9.17, 15) is 9.59 Å². The predicted molar refractivity (Wildman–Crippen MR) is 90.3 cm³/mol. The van der Waals surface area contributed by atoms with Crippen molar-refractivity contribution in [1.82, 2.24) is 9.88 Å². The zero-order valence-electron chi connectivity index (χ0n) is 15.0. The maximum absolute atomic E-state index is 12.1. The maximum Gasteiger partial charge on any atom is 0.410 e. The molecule has 7 heteroatoms. The number of piperazine rings is 1. The van der Waals surface area contributed by atoms with Crippen molar-refractivity contribution < 1.29 is 19.1 Å². The number of carbonyl (C=O) groups is 2. The number of anilines is 1. The van der Waals surface area contributed by atoms with E-state index >= 15 is 0 Å². The second-order valence-corrected chi connectivity index (χ2v) is 6.81. The molecule has 2 heterocycles. The van der Waals surface area contributed by atoms with Crippen molar-refractivity contribution in [3.05, 3.63) is 23.4 Å². The van der Waals surface area contributed by atoms with Crippen molar-refractivity contribution in [2.45, 2.75) is 33.3 Å². The number of amides is 1. The fourth-order valence-corrected chi connectivity index (χ4v) is 2.56. The Balaban J connectivity index is 2.00. The molecule has 0 spiro atoms. The van der Waals surface area contributed by atoms with Crippen molar-refractivity contribution in [1.29, 1.82) is 0 Å². The lowest BCUT2D eigenvalue weighted by Gasteiger charge is -2.36. The van der Waals surface area contributed by atoms with Gasteiger partial charge in [-0.25, -0.2) is 14.6 Å². The second-order valence-electron chi connectivity index (χ2n) is 6.81. The summed E-state index contributed by atoms with van der Waals surface area (Å²) in [5.74, 6) is 0.429. The van der Waals surface area contributed by atoms with Gasteiger partial charge in [-0.3, -0.25) is 0 Å². The van der Waals surface area contributed by atoms with Crippen molar-refractivity contribution >= 4 is 17.9 Å². The van der Waals surface area contributed by atoms with E-state index in [0.29, 0.717) is 31.7 Å². The fraction of sp³-hybridized carbons (Fsp3) is 0.588. The van der Waals surface area contributed by atoms with Crippen LogP contribution in [0.4, 0.5) is 10.6 Å². The minimum Gasteiger partial charge on any atom is -0.465 e. The number of aryl methyl sites for hydroxylation is 1. The summed E-state index contributed by atoms with van der Waals surface area (Å²) in [6.45, 7) is 9.99. The zero-order valence-corrected chi connectivity index (χ0v) is 15.0. The van der Waals surface area contributed by atoms with Gasteiger partial charge in [-0.15, -0.1) is 0 Å². The third kappa shape index (κ3) is 4.37. The molecule has 2 rings (SSSR count). The summed E-state index contributed by atoms with van der Waals surface area (Å²) in [5, 5.41) is 0. The molecule has 1 aliphatic rings. The molecule has 0 N–H and O–H groups in total. The van der Waals surface area contributed by atoms with Gasteiger partial charge in [0.05, 0.1) is 12.7 Å². The van der Waals surface area contributed by atoms with Crippen LogP contribution in [0.5, 0.6) is 0 Å². The highest BCUT2D eigenvalue weighted by atomic mass is 16.6. The van der Waals surface area contributed by atoms with Gasteiger partial charge in [0, 0.05) is 32.4 Å². The van der Waals surface area contributed by atoms with Crippen LogP contribution in [0.2, 0.25) is 0 Å². The normalized spacial score (nSPS) is 15.2. The number of hydrogen-bond acceptors (Lipinski definition) is 6. The number of hydrogen-bond donors (Lipinski definition) is 0. The van der Waals surface area contributed by atoms with E-state index in [1.54, 1.807) is 11.0 Å². The lowest BCUT2D eigenvalue weighted by molar-refractivity contribution is 0.0240. The first-order chi connectivity index (χ1) is 11.2. The van der Waals surface area contributed by atoms with Crippen LogP contribution in [0.1, 0.15) is 36.7 Å². The van der Waals surface area contributed by atoms with Crippen LogP contribution in [-0.4, -0.2) is 60.8 Å². The third-order valence-electron chi connectivity index (χ3n) is 3.70. The number of carbonyl (C=O) groups excluding carboxylic acids is 2. The van der Waals surface area contributed by atoms with Gasteiger partial charge in [0.15, 0.2) is 0 Å². The van der Waals surface area contributed by atoms with Crippen LogP contribution in [0.15, 0.2) is 12.3 Å². The molecule has 0 unspecified atom stereocenters. The summed E-state index contributed by atoms with van der Waals surface area (Å²) in [5.41, 5.74) is 0.852. The van der Waals surface area contributed by atoms with E-state index in [4.69, 9.17) is 9.47 Å². The Hall–Kier alpha value is -2.31. The van der Waals surface area contributed by atoms with E-state index in [0.717, 1.165) is 11.4 Å². The van der Waals surface area contributed by atoms with Crippen LogP contribution in [0.25, 0.3) is 0 Å². The summed E-state index contributed by atoms with van der Waals surface area (Å²) in [6.07, 6.45) is 1.24. The van der Waals surface area contributed by atoms with Gasteiger partial charge in [-0.1, -0.05) is 0 Å². The quantitative estimate of drug-likeness (QED) is 0.772. The number of esters is 1. The van der Waals surface area contributed by atoms with E-state index < -0.39 is 11.6 Å². The van der Waals surface area contributed by atoms with Crippen molar-refractivity contribution in [2.75, 3.05) is 38.2 Å². The Bertz CT molecular complexity index is 617. The Morgan fingerprint density at radius 2 is 1.79 bits per heavy atom. The summed E-state index contributed by atoms with van der Waals surface area (Å²) in [4.78, 5) is 31.9. The van der Waals surface area contributed by atoms with Gasteiger partial charge in [0.2, 0.25) is 0 Å². The molecule has 1 saturated heterocycles. The van der Waals surface area contributed by atoms with E-state index in [1.807, 2.05) is 27.7 Å². The molecule has 0 atom stereocenters. The largest absolute Gasteiger partial charge is 0.465 e. The van der Waals surface area contributed by atoms with Gasteiger partial charge < -0.3 is 19.3 Å². The molecule has 1 aromatic rings. The van der Waals surface area contributed by atoms with E-state index in [1.165, 1.54) is 13.3 Å². The van der Waals surface area contributed by atoms with Crippen LogP contribution in [0.3, 0.4) is 0 Å². The zero-order chi connectivity index (χ0) is 17.9. The first kappa shape index (κ1) is 18.0. The van der Waals surface area contributed by atoms with Crippen LogP contribution in [0, 0.1) is 6.92 Å². The predicted octanol–water partition coefficient (Wildman–Crippen LogP) is 2.23. The highest BCUT2D eigenvalue weighted by Gasteiger charge is 2.27. The molecular weight excluding hydrogens is 310 g/mol. The summed E-state index contributed by atoms with van der Waals surface area (Å²) in [6, 6.07) is 1.77. The van der Waals surface area contributed by atoms with Gasteiger partial charge in [0.1, 0.15) is 11.4 Å². The summed E-state index contributed by atoms with van der Waals surface area (Å²) < 4.78 is 10.1. The van der Waals surface area contributed by atoms with Crippen molar-refractivity contribution in [3.63, 3.8) is 0 Å². The highest BCUT2D eigenvalue weighted by molar-refractivity contribution is 5.89. The standard InChI is InChI=1S/C17H25N3O4/c1-12-10-13(15(21)23-5)11-18-14(12)19-6-8-20(9-7-19)16(22)24-17(2,3)4/h10-11H,6-9H2,1-5H3. The summed E-state index contributed by atoms with van der Waals surface area (Å²) in [7, 11) is 1.35. The third-order valence-corrected chi connectivity index (χ3v) is 3.70. The Morgan fingerprint density at radius 3 is 2.29 bits per heavy atom. The molecule has 0 aliphatic carbocycles. The maximum atomic E-state index is 12.1. The monoisotopic (exact) mass is 335 g/mol. The molecule has 0 aromatic carbocycles. The molecule has 24 heavy (non-hydrogen) atoms. The Morgan fingerprint density at radius 1 is 1.17 bits per heavy atom. The van der Waals surface area contributed by atoms with Crippen LogP contribution in [-0.2, 0) is 9.47 Å². The SMILES string of the molecule is COC(=O)c1cnc(N2CCN(C(=O)OC(C)(C)C)CC2)c(C)c1. The van der Waals surface area contributed by atoms with Crippen molar-refractivity contribution in [2.24, 2.45) is 0 Å². The van der Waals surface area contributed by atoms with Crippen molar-refractivity contribution in [3.8, 4) is 0 Å².